The molecule has 2 heterocycles. The quantitative estimate of drug-likeness (QED) is 0.665. The standard InChI is InChI=1S/C12H15BrN2/c1-8-9-6-5-7-10(13)15(9)11(14-8)12(2,3)4/h5-7H,1-4H3. The topological polar surface area (TPSA) is 17.3 Å². The van der Waals surface area contributed by atoms with Crippen LogP contribution in [0.4, 0.5) is 0 Å². The van der Waals surface area contributed by atoms with Crippen molar-refractivity contribution in [3.63, 3.8) is 0 Å². The van der Waals surface area contributed by atoms with E-state index < -0.39 is 0 Å². The molecule has 0 saturated carbocycles. The lowest BCUT2D eigenvalue weighted by Crippen LogP contribution is -2.16. The van der Waals surface area contributed by atoms with E-state index in [-0.39, 0.29) is 5.41 Å². The van der Waals surface area contributed by atoms with Crippen LogP contribution in [0.2, 0.25) is 0 Å². The Morgan fingerprint density at radius 2 is 1.93 bits per heavy atom. The summed E-state index contributed by atoms with van der Waals surface area (Å²) in [4.78, 5) is 4.65. The zero-order valence-electron chi connectivity index (χ0n) is 9.50. The summed E-state index contributed by atoms with van der Waals surface area (Å²) in [5.41, 5.74) is 2.32. The summed E-state index contributed by atoms with van der Waals surface area (Å²) in [5, 5.41) is 0. The number of halogens is 1. The van der Waals surface area contributed by atoms with Gasteiger partial charge in [-0.05, 0) is 35.0 Å². The minimum atomic E-state index is 0.0566. The first kappa shape index (κ1) is 10.7. The van der Waals surface area contributed by atoms with Gasteiger partial charge in [-0.15, -0.1) is 0 Å². The van der Waals surface area contributed by atoms with E-state index >= 15 is 0 Å². The first-order chi connectivity index (χ1) is 6.91. The maximum Gasteiger partial charge on any atom is 0.119 e. The molecule has 0 aliphatic heterocycles. The summed E-state index contributed by atoms with van der Waals surface area (Å²) >= 11 is 3.58. The van der Waals surface area contributed by atoms with Gasteiger partial charge >= 0.3 is 0 Å². The van der Waals surface area contributed by atoms with Gasteiger partial charge in [-0.3, -0.25) is 4.40 Å². The number of aryl methyl sites for hydroxylation is 1. The molecule has 3 heteroatoms. The van der Waals surface area contributed by atoms with Gasteiger partial charge in [0, 0.05) is 5.41 Å². The molecule has 0 radical (unpaired) electrons. The lowest BCUT2D eigenvalue weighted by molar-refractivity contribution is 0.540. The van der Waals surface area contributed by atoms with Crippen molar-refractivity contribution >= 4 is 21.4 Å². The number of nitrogens with zero attached hydrogens (tertiary/aromatic N) is 2. The van der Waals surface area contributed by atoms with E-state index in [1.54, 1.807) is 0 Å². The fourth-order valence-corrected chi connectivity index (χ4v) is 2.26. The second kappa shape index (κ2) is 3.34. The summed E-state index contributed by atoms with van der Waals surface area (Å²) in [5.74, 6) is 1.10. The highest BCUT2D eigenvalue weighted by molar-refractivity contribution is 9.10. The Balaban J connectivity index is 2.88. The third kappa shape index (κ3) is 1.69. The summed E-state index contributed by atoms with van der Waals surface area (Å²) in [7, 11) is 0. The van der Waals surface area contributed by atoms with Crippen molar-refractivity contribution in [2.24, 2.45) is 0 Å². The van der Waals surface area contributed by atoms with Crippen LogP contribution >= 0.6 is 15.9 Å². The maximum absolute atomic E-state index is 4.65. The Bertz CT molecular complexity index is 506. The zero-order valence-corrected chi connectivity index (χ0v) is 11.1. The van der Waals surface area contributed by atoms with Crippen molar-refractivity contribution in [1.29, 1.82) is 0 Å². The molecule has 2 aromatic rings. The molecule has 0 aromatic carbocycles. The summed E-state index contributed by atoms with van der Waals surface area (Å²) in [6, 6.07) is 6.19. The number of hydrogen-bond acceptors (Lipinski definition) is 1. The molecule has 0 spiro atoms. The van der Waals surface area contributed by atoms with Gasteiger partial charge in [0.1, 0.15) is 5.82 Å². The van der Waals surface area contributed by atoms with Gasteiger partial charge in [-0.2, -0.15) is 0 Å². The smallest absolute Gasteiger partial charge is 0.119 e. The van der Waals surface area contributed by atoms with Crippen LogP contribution in [0, 0.1) is 6.92 Å². The molecule has 80 valence electrons. The first-order valence-corrected chi connectivity index (χ1v) is 5.84. The third-order valence-electron chi connectivity index (χ3n) is 2.47. The van der Waals surface area contributed by atoms with Gasteiger partial charge in [0.25, 0.3) is 0 Å². The average Bonchev–Trinajstić information content (AvgIpc) is 2.45. The molecule has 0 unspecified atom stereocenters. The Labute approximate surface area is 98.5 Å². The van der Waals surface area contributed by atoms with Crippen molar-refractivity contribution < 1.29 is 0 Å². The van der Waals surface area contributed by atoms with E-state index in [0.29, 0.717) is 0 Å². The van der Waals surface area contributed by atoms with Gasteiger partial charge in [0.2, 0.25) is 0 Å². The molecular formula is C12H15BrN2. The predicted molar refractivity (Wildman–Crippen MR) is 66.3 cm³/mol. The molecule has 0 fully saturated rings. The number of pyridine rings is 1. The molecule has 0 amide bonds. The van der Waals surface area contributed by atoms with Crippen LogP contribution in [0.25, 0.3) is 5.52 Å². The minimum Gasteiger partial charge on any atom is -0.290 e. The second-order valence-corrected chi connectivity index (χ2v) is 5.65. The molecule has 2 nitrogen and oxygen atoms in total. The molecule has 0 N–H and O–H groups in total. The molecule has 2 aromatic heterocycles. The monoisotopic (exact) mass is 266 g/mol. The highest BCUT2D eigenvalue weighted by atomic mass is 79.9. The van der Waals surface area contributed by atoms with Crippen LogP contribution in [-0.4, -0.2) is 9.38 Å². The molecule has 0 aliphatic carbocycles. The Morgan fingerprint density at radius 3 is 2.53 bits per heavy atom. The van der Waals surface area contributed by atoms with Crippen LogP contribution in [-0.2, 0) is 5.41 Å². The Kier molecular flexibility index (Phi) is 2.38. The van der Waals surface area contributed by atoms with E-state index in [4.69, 9.17) is 0 Å². The highest BCUT2D eigenvalue weighted by Gasteiger charge is 2.22. The van der Waals surface area contributed by atoms with Crippen molar-refractivity contribution in [2.45, 2.75) is 33.1 Å². The molecule has 2 rings (SSSR count). The molecular weight excluding hydrogens is 252 g/mol. The summed E-state index contributed by atoms with van der Waals surface area (Å²) in [6.07, 6.45) is 0. The van der Waals surface area contributed by atoms with E-state index in [2.05, 4.69) is 59.1 Å². The lowest BCUT2D eigenvalue weighted by Gasteiger charge is -2.17. The minimum absolute atomic E-state index is 0.0566. The number of fused-ring (bicyclic) bond motifs is 1. The maximum atomic E-state index is 4.65. The van der Waals surface area contributed by atoms with E-state index in [1.807, 2.05) is 12.1 Å². The fraction of sp³-hybridized carbons (Fsp3) is 0.417. The SMILES string of the molecule is Cc1nc(C(C)(C)C)n2c(Br)cccc12. The largest absolute Gasteiger partial charge is 0.290 e. The third-order valence-corrected chi connectivity index (χ3v) is 3.09. The van der Waals surface area contributed by atoms with Crippen molar-refractivity contribution in [1.82, 2.24) is 9.38 Å². The summed E-state index contributed by atoms with van der Waals surface area (Å²) < 4.78 is 3.24. The van der Waals surface area contributed by atoms with Crippen LogP contribution in [0.15, 0.2) is 22.8 Å². The summed E-state index contributed by atoms with van der Waals surface area (Å²) in [6.45, 7) is 8.60. The van der Waals surface area contributed by atoms with Crippen molar-refractivity contribution in [2.75, 3.05) is 0 Å². The zero-order chi connectivity index (χ0) is 11.2. The van der Waals surface area contributed by atoms with Gasteiger partial charge in [0.05, 0.1) is 15.8 Å². The van der Waals surface area contributed by atoms with Crippen LogP contribution in [0.3, 0.4) is 0 Å². The van der Waals surface area contributed by atoms with Gasteiger partial charge < -0.3 is 0 Å². The van der Waals surface area contributed by atoms with Gasteiger partial charge in [0.15, 0.2) is 0 Å². The molecule has 0 saturated heterocycles. The van der Waals surface area contributed by atoms with Crippen LogP contribution < -0.4 is 0 Å². The number of aromatic nitrogens is 2. The molecule has 15 heavy (non-hydrogen) atoms. The number of hydrogen-bond donors (Lipinski definition) is 0. The Hall–Kier alpha value is -0.830. The normalized spacial score (nSPS) is 12.3. The number of rotatable bonds is 0. The van der Waals surface area contributed by atoms with Gasteiger partial charge in [-0.1, -0.05) is 26.8 Å². The Morgan fingerprint density at radius 1 is 1.27 bits per heavy atom. The highest BCUT2D eigenvalue weighted by Crippen LogP contribution is 2.27. The van der Waals surface area contributed by atoms with Crippen molar-refractivity contribution in [3.8, 4) is 0 Å². The number of imidazole rings is 1. The average molecular weight is 267 g/mol. The van der Waals surface area contributed by atoms with E-state index in [1.165, 1.54) is 5.52 Å². The van der Waals surface area contributed by atoms with Crippen LogP contribution in [0.5, 0.6) is 0 Å². The van der Waals surface area contributed by atoms with E-state index in [9.17, 15) is 0 Å². The lowest BCUT2D eigenvalue weighted by atomic mass is 9.96. The predicted octanol–water partition coefficient (Wildman–Crippen LogP) is 3.70. The molecule has 0 bridgehead atoms. The second-order valence-electron chi connectivity index (χ2n) is 4.84. The van der Waals surface area contributed by atoms with Crippen molar-refractivity contribution in [3.05, 3.63) is 34.3 Å². The van der Waals surface area contributed by atoms with Gasteiger partial charge in [-0.25, -0.2) is 4.98 Å². The molecule has 0 atom stereocenters. The molecule has 0 aliphatic rings. The van der Waals surface area contributed by atoms with Crippen LogP contribution in [0.1, 0.15) is 32.3 Å². The van der Waals surface area contributed by atoms with E-state index in [0.717, 1.165) is 16.1 Å². The fourth-order valence-electron chi connectivity index (χ4n) is 1.75. The first-order valence-electron chi connectivity index (χ1n) is 5.05.